The second-order valence-corrected chi connectivity index (χ2v) is 11.0. The Morgan fingerprint density at radius 3 is 2.28 bits per heavy atom. The largest absolute Gasteiger partial charge is 0.383 e. The average Bonchev–Trinajstić information content (AvgIpc) is 3.04. The van der Waals surface area contributed by atoms with Crippen molar-refractivity contribution < 1.29 is 13.6 Å². The van der Waals surface area contributed by atoms with Crippen molar-refractivity contribution in [1.82, 2.24) is 14.9 Å². The lowest BCUT2D eigenvalue weighted by Crippen LogP contribution is -2.26. The topological polar surface area (TPSA) is 99.7 Å². The first-order valence-corrected chi connectivity index (χ1v) is 16.2. The molecule has 1 atom stereocenters. The SMILES string of the molecule is C/C=C\c1c(-c2cc(C(N)=N[C@@H](C)C(C)C)ccc2C)nc(NCCCN(CC)CC)nc1N(C=O)c1c(F)cccc1F.CC. The van der Waals surface area contributed by atoms with E-state index in [4.69, 9.17) is 10.7 Å². The molecule has 3 rings (SSSR count). The van der Waals surface area contributed by atoms with Gasteiger partial charge in [0.05, 0.1) is 11.7 Å². The summed E-state index contributed by atoms with van der Waals surface area (Å²) in [5, 5.41) is 3.27. The quantitative estimate of drug-likeness (QED) is 0.0760. The van der Waals surface area contributed by atoms with Gasteiger partial charge in [-0.05, 0) is 76.5 Å². The molecule has 0 radical (unpaired) electrons. The van der Waals surface area contributed by atoms with Gasteiger partial charge in [0.15, 0.2) is 5.82 Å². The number of nitrogens with zero attached hydrogens (tertiary/aromatic N) is 5. The highest BCUT2D eigenvalue weighted by molar-refractivity contribution is 5.99. The van der Waals surface area contributed by atoms with Crippen LogP contribution in [-0.2, 0) is 4.79 Å². The monoisotopic (exact) mass is 635 g/mol. The van der Waals surface area contributed by atoms with Gasteiger partial charge in [-0.15, -0.1) is 0 Å². The Labute approximate surface area is 273 Å². The maximum absolute atomic E-state index is 15.0. The van der Waals surface area contributed by atoms with Crippen molar-refractivity contribution >= 4 is 35.8 Å². The van der Waals surface area contributed by atoms with Crippen LogP contribution in [0.5, 0.6) is 0 Å². The van der Waals surface area contributed by atoms with Gasteiger partial charge in [-0.3, -0.25) is 14.7 Å². The van der Waals surface area contributed by atoms with Crippen molar-refractivity contribution in [2.24, 2.45) is 16.6 Å². The van der Waals surface area contributed by atoms with Gasteiger partial charge in [0, 0.05) is 23.2 Å². The van der Waals surface area contributed by atoms with Crippen LogP contribution in [0.1, 0.15) is 78.5 Å². The van der Waals surface area contributed by atoms with E-state index in [0.717, 1.165) is 54.2 Å². The number of hydrogen-bond donors (Lipinski definition) is 2. The number of aromatic nitrogens is 2. The van der Waals surface area contributed by atoms with Crippen LogP contribution < -0.4 is 16.0 Å². The van der Waals surface area contributed by atoms with E-state index in [1.165, 1.54) is 6.07 Å². The fourth-order valence-electron chi connectivity index (χ4n) is 4.70. The number of aliphatic imine (C=N–C) groups is 1. The first kappa shape index (κ1) is 38.0. The van der Waals surface area contributed by atoms with Gasteiger partial charge in [-0.2, -0.15) is 4.98 Å². The summed E-state index contributed by atoms with van der Waals surface area (Å²) in [6.45, 7) is 21.5. The van der Waals surface area contributed by atoms with Crippen molar-refractivity contribution in [2.45, 2.75) is 74.8 Å². The van der Waals surface area contributed by atoms with Crippen molar-refractivity contribution in [3.05, 3.63) is 70.8 Å². The second-order valence-electron chi connectivity index (χ2n) is 11.0. The van der Waals surface area contributed by atoms with Crippen molar-refractivity contribution in [3.63, 3.8) is 0 Å². The Kier molecular flexibility index (Phi) is 15.5. The third-order valence-electron chi connectivity index (χ3n) is 7.70. The summed E-state index contributed by atoms with van der Waals surface area (Å²) in [6.07, 6.45) is 4.69. The lowest BCUT2D eigenvalue weighted by Gasteiger charge is -2.23. The van der Waals surface area contributed by atoms with Crippen molar-refractivity contribution in [1.29, 1.82) is 0 Å². The van der Waals surface area contributed by atoms with Gasteiger partial charge in [-0.25, -0.2) is 13.8 Å². The second kappa shape index (κ2) is 18.7. The van der Waals surface area contributed by atoms with E-state index >= 15 is 8.78 Å². The zero-order valence-corrected chi connectivity index (χ0v) is 28.9. The summed E-state index contributed by atoms with van der Waals surface area (Å²) in [5.74, 6) is -0.804. The number of hydrogen-bond acceptors (Lipinski definition) is 6. The van der Waals surface area contributed by atoms with E-state index in [1.807, 2.05) is 52.8 Å². The standard InChI is InChI=1S/C34H45F2N7O.C2H6/c1-8-13-26-30(27-20-25(17-16-23(27)6)32(37)39-24(7)22(4)5)40-34(38-18-12-19-42(9-2)10-3)41-33(26)43(21-44)31-28(35)14-11-15-29(31)36;1-2/h8,11,13-17,20-22,24H,9-10,12,18-19H2,1-7H3,(H2,37,39)(H,38,40,41);1-2H3/b13-8-;/t24-;/m0./s1. The van der Waals surface area contributed by atoms with Crippen molar-refractivity contribution in [3.8, 4) is 11.3 Å². The number of benzene rings is 2. The van der Waals surface area contributed by atoms with Crippen LogP contribution in [0.3, 0.4) is 0 Å². The molecule has 1 amide bonds. The molecule has 0 unspecified atom stereocenters. The van der Waals surface area contributed by atoms with Gasteiger partial charge >= 0.3 is 0 Å². The van der Waals surface area contributed by atoms with E-state index in [0.29, 0.717) is 41.5 Å². The van der Waals surface area contributed by atoms with Crippen LogP contribution in [0, 0.1) is 24.5 Å². The highest BCUT2D eigenvalue weighted by Crippen LogP contribution is 2.37. The summed E-state index contributed by atoms with van der Waals surface area (Å²) in [7, 11) is 0. The van der Waals surface area contributed by atoms with Crippen LogP contribution in [0.2, 0.25) is 0 Å². The molecular formula is C36H51F2N7O. The number of para-hydroxylation sites is 1. The highest BCUT2D eigenvalue weighted by atomic mass is 19.1. The van der Waals surface area contributed by atoms with Gasteiger partial charge in [0.1, 0.15) is 23.2 Å². The molecule has 2 aromatic carbocycles. The Morgan fingerprint density at radius 1 is 1.07 bits per heavy atom. The summed E-state index contributed by atoms with van der Waals surface area (Å²) < 4.78 is 30.0. The maximum Gasteiger partial charge on any atom is 0.225 e. The molecule has 10 heteroatoms. The molecule has 250 valence electrons. The fourth-order valence-corrected chi connectivity index (χ4v) is 4.70. The predicted molar refractivity (Wildman–Crippen MR) is 189 cm³/mol. The minimum absolute atomic E-state index is 0.0212. The van der Waals surface area contributed by atoms with Crippen LogP contribution in [-0.4, -0.2) is 59.3 Å². The molecule has 0 fully saturated rings. The lowest BCUT2D eigenvalue weighted by molar-refractivity contribution is -0.106. The van der Waals surface area contributed by atoms with Crippen LogP contribution in [0.25, 0.3) is 17.3 Å². The molecule has 0 saturated carbocycles. The van der Waals surface area contributed by atoms with E-state index in [9.17, 15) is 4.79 Å². The number of anilines is 3. The molecule has 0 bridgehead atoms. The van der Waals surface area contributed by atoms with Crippen LogP contribution in [0.15, 0.2) is 47.5 Å². The minimum atomic E-state index is -0.890. The number of halogens is 2. The number of carbonyl (C=O) groups excluding carboxylic acids is 1. The number of amidine groups is 1. The Hall–Kier alpha value is -4.18. The Bertz CT molecular complexity index is 1470. The highest BCUT2D eigenvalue weighted by Gasteiger charge is 2.25. The minimum Gasteiger partial charge on any atom is -0.383 e. The fraction of sp³-hybridized carbons (Fsp3) is 0.444. The van der Waals surface area contributed by atoms with Crippen LogP contribution >= 0.6 is 0 Å². The van der Waals surface area contributed by atoms with E-state index in [2.05, 4.69) is 47.9 Å². The van der Waals surface area contributed by atoms with Crippen LogP contribution in [0.4, 0.5) is 26.2 Å². The summed E-state index contributed by atoms with van der Waals surface area (Å²) in [6, 6.07) is 9.21. The predicted octanol–water partition coefficient (Wildman–Crippen LogP) is 7.98. The summed E-state index contributed by atoms with van der Waals surface area (Å²) in [4.78, 5) is 30.0. The molecule has 0 spiro atoms. The summed E-state index contributed by atoms with van der Waals surface area (Å²) >= 11 is 0. The van der Waals surface area contributed by atoms with E-state index in [1.54, 1.807) is 12.2 Å². The molecule has 1 aromatic heterocycles. The molecular weight excluding hydrogens is 584 g/mol. The van der Waals surface area contributed by atoms with Gasteiger partial charge < -0.3 is 16.0 Å². The first-order valence-electron chi connectivity index (χ1n) is 16.2. The van der Waals surface area contributed by atoms with Gasteiger partial charge in [0.25, 0.3) is 0 Å². The van der Waals surface area contributed by atoms with E-state index in [-0.39, 0.29) is 17.8 Å². The number of aryl methyl sites for hydroxylation is 1. The van der Waals surface area contributed by atoms with Crippen molar-refractivity contribution in [2.75, 3.05) is 36.4 Å². The van der Waals surface area contributed by atoms with Gasteiger partial charge in [-0.1, -0.05) is 71.9 Å². The molecule has 0 aliphatic rings. The molecule has 3 aromatic rings. The number of nitrogens with two attached hydrogens (primary N) is 1. The molecule has 46 heavy (non-hydrogen) atoms. The molecule has 0 aliphatic carbocycles. The molecule has 3 N–H and O–H groups in total. The maximum atomic E-state index is 15.0. The number of nitrogens with one attached hydrogen (secondary N) is 1. The Morgan fingerprint density at radius 2 is 1.72 bits per heavy atom. The number of allylic oxidation sites excluding steroid dienone is 1. The zero-order valence-electron chi connectivity index (χ0n) is 28.9. The number of carbonyl (C=O) groups is 1. The molecule has 1 heterocycles. The zero-order chi connectivity index (χ0) is 34.4. The number of rotatable bonds is 15. The third kappa shape index (κ3) is 9.66. The van der Waals surface area contributed by atoms with E-state index < -0.39 is 17.3 Å². The third-order valence-corrected chi connectivity index (χ3v) is 7.70. The summed E-state index contributed by atoms with van der Waals surface area (Å²) in [5.41, 5.74) is 9.14. The molecule has 0 saturated heterocycles. The average molecular weight is 636 g/mol. The Balaban J connectivity index is 0.00000361. The van der Waals surface area contributed by atoms with Gasteiger partial charge in [0.2, 0.25) is 12.4 Å². The smallest absolute Gasteiger partial charge is 0.225 e. The normalized spacial score (nSPS) is 12.3. The molecule has 0 aliphatic heterocycles. The molecule has 8 nitrogen and oxygen atoms in total. The lowest BCUT2D eigenvalue weighted by atomic mass is 9.97. The first-order chi connectivity index (χ1) is 22.1. The number of amides is 1.